The Morgan fingerprint density at radius 2 is 2.20 bits per heavy atom. The minimum Gasteiger partial charge on any atom is -0.445 e. The van der Waals surface area contributed by atoms with Crippen LogP contribution in [-0.2, 0) is 14.6 Å². The maximum absolute atomic E-state index is 11.5. The van der Waals surface area contributed by atoms with Crippen LogP contribution in [0.3, 0.4) is 0 Å². The van der Waals surface area contributed by atoms with E-state index in [1.165, 1.54) is 0 Å². The Morgan fingerprint density at radius 1 is 1.35 bits per heavy atom. The molecule has 1 heterocycles. The van der Waals surface area contributed by atoms with Gasteiger partial charge in [-0.3, -0.25) is 0 Å². The van der Waals surface area contributed by atoms with Crippen molar-refractivity contribution in [3.8, 4) is 0 Å². The Kier molecular flexibility index (Phi) is 5.23. The molecule has 112 valence electrons. The highest BCUT2D eigenvalue weighted by molar-refractivity contribution is 7.91. The minimum absolute atomic E-state index is 0.0509. The first-order valence-electron chi connectivity index (χ1n) is 7.02. The van der Waals surface area contributed by atoms with Crippen molar-refractivity contribution in [1.82, 2.24) is 5.32 Å². The highest BCUT2D eigenvalue weighted by Gasteiger charge is 2.30. The molecule has 2 aliphatic rings. The number of allylic oxidation sites excluding steroid dienone is 3. The van der Waals surface area contributed by atoms with Gasteiger partial charge in [-0.25, -0.2) is 13.2 Å². The Hall–Kier alpha value is -1.30. The molecule has 1 aliphatic carbocycles. The van der Waals surface area contributed by atoms with E-state index in [9.17, 15) is 13.2 Å². The minimum atomic E-state index is -3.01. The third kappa shape index (κ3) is 5.00. The summed E-state index contributed by atoms with van der Waals surface area (Å²) in [5, 5.41) is 2.62. The molecule has 6 heteroatoms. The van der Waals surface area contributed by atoms with Gasteiger partial charge in [0.2, 0.25) is 0 Å². The Labute approximate surface area is 120 Å². The zero-order valence-electron chi connectivity index (χ0n) is 11.5. The number of hydrogen-bond donors (Lipinski definition) is 1. The fourth-order valence-corrected chi connectivity index (χ4v) is 4.03. The molecule has 0 spiro atoms. The molecule has 2 unspecified atom stereocenters. The van der Waals surface area contributed by atoms with Crippen molar-refractivity contribution in [3.63, 3.8) is 0 Å². The van der Waals surface area contributed by atoms with E-state index < -0.39 is 22.0 Å². The number of ether oxygens (including phenoxy) is 1. The molecular weight excluding hydrogens is 278 g/mol. The van der Waals surface area contributed by atoms with Crippen LogP contribution in [-0.4, -0.2) is 38.7 Å². The molecule has 2 atom stereocenters. The summed E-state index contributed by atoms with van der Waals surface area (Å²) >= 11 is 0. The highest BCUT2D eigenvalue weighted by Crippen LogP contribution is 2.18. The molecule has 0 saturated carbocycles. The smallest absolute Gasteiger partial charge is 0.407 e. The molecule has 0 aromatic heterocycles. The van der Waals surface area contributed by atoms with Crippen LogP contribution in [0, 0.1) is 5.92 Å². The van der Waals surface area contributed by atoms with Crippen molar-refractivity contribution < 1.29 is 17.9 Å². The van der Waals surface area contributed by atoms with Gasteiger partial charge in [0.15, 0.2) is 9.84 Å². The van der Waals surface area contributed by atoms with Crippen molar-refractivity contribution in [3.05, 3.63) is 24.3 Å². The summed E-state index contributed by atoms with van der Waals surface area (Å²) < 4.78 is 27.5. The molecule has 0 radical (unpaired) electrons. The maximum Gasteiger partial charge on any atom is 0.407 e. The first-order chi connectivity index (χ1) is 9.55. The second kappa shape index (κ2) is 6.92. The van der Waals surface area contributed by atoms with Crippen LogP contribution in [0.2, 0.25) is 0 Å². The van der Waals surface area contributed by atoms with Crippen LogP contribution in [0.5, 0.6) is 0 Å². The Morgan fingerprint density at radius 3 is 2.85 bits per heavy atom. The summed E-state index contributed by atoms with van der Waals surface area (Å²) in [6.07, 6.45) is 11.1. The molecule has 1 saturated heterocycles. The summed E-state index contributed by atoms with van der Waals surface area (Å²) in [6.45, 7) is 0.415. The molecule has 0 bridgehead atoms. The lowest BCUT2D eigenvalue weighted by Gasteiger charge is -2.13. The standard InChI is InChI=1S/C14H21NO4S/c16-14(19-13-8-10-20(17,18)11-13)15-9-4-7-12-5-2-1-3-6-12/h1-2,4,7,12-13H,3,5-6,8-11H2,(H,15,16). The van der Waals surface area contributed by atoms with Gasteiger partial charge >= 0.3 is 6.09 Å². The van der Waals surface area contributed by atoms with Gasteiger partial charge in [0, 0.05) is 6.54 Å². The van der Waals surface area contributed by atoms with Gasteiger partial charge in [0.1, 0.15) is 6.10 Å². The average molecular weight is 299 g/mol. The second-order valence-corrected chi connectivity index (χ2v) is 7.51. The van der Waals surface area contributed by atoms with Crippen LogP contribution in [0.4, 0.5) is 4.79 Å². The molecule has 0 aromatic rings. The van der Waals surface area contributed by atoms with Crippen LogP contribution < -0.4 is 5.32 Å². The molecule has 1 fully saturated rings. The maximum atomic E-state index is 11.5. The van der Waals surface area contributed by atoms with E-state index in [0.717, 1.165) is 19.3 Å². The van der Waals surface area contributed by atoms with Crippen molar-refractivity contribution in [2.24, 2.45) is 5.92 Å². The molecule has 5 nitrogen and oxygen atoms in total. The number of alkyl carbamates (subject to hydrolysis) is 1. The number of rotatable bonds is 4. The lowest BCUT2D eigenvalue weighted by Crippen LogP contribution is -2.29. The van der Waals surface area contributed by atoms with Crippen LogP contribution in [0.15, 0.2) is 24.3 Å². The van der Waals surface area contributed by atoms with Crippen LogP contribution in [0.1, 0.15) is 25.7 Å². The van der Waals surface area contributed by atoms with E-state index >= 15 is 0 Å². The fraction of sp³-hybridized carbons (Fsp3) is 0.643. The third-order valence-electron chi connectivity index (χ3n) is 3.55. The lowest BCUT2D eigenvalue weighted by molar-refractivity contribution is 0.111. The molecule has 1 aliphatic heterocycles. The van der Waals surface area contributed by atoms with Gasteiger partial charge in [-0.15, -0.1) is 0 Å². The molecule has 2 rings (SSSR count). The largest absolute Gasteiger partial charge is 0.445 e. The molecule has 0 aromatic carbocycles. The fourth-order valence-electron chi connectivity index (χ4n) is 2.44. The summed E-state index contributed by atoms with van der Waals surface area (Å²) in [5.74, 6) is 0.614. The van der Waals surface area contributed by atoms with Crippen molar-refractivity contribution in [2.75, 3.05) is 18.1 Å². The van der Waals surface area contributed by atoms with Crippen LogP contribution in [0.25, 0.3) is 0 Å². The van der Waals surface area contributed by atoms with E-state index in [4.69, 9.17) is 4.74 Å². The molecular formula is C14H21NO4S. The first-order valence-corrected chi connectivity index (χ1v) is 8.84. The summed E-state index contributed by atoms with van der Waals surface area (Å²) in [5.41, 5.74) is 0. The summed E-state index contributed by atoms with van der Waals surface area (Å²) in [6, 6.07) is 0. The monoisotopic (exact) mass is 299 g/mol. The van der Waals surface area contributed by atoms with E-state index in [0.29, 0.717) is 18.9 Å². The predicted octanol–water partition coefficient (Wildman–Crippen LogP) is 1.81. The third-order valence-corrected chi connectivity index (χ3v) is 5.28. The van der Waals surface area contributed by atoms with E-state index in [1.807, 2.05) is 6.08 Å². The normalized spacial score (nSPS) is 28.6. The second-order valence-electron chi connectivity index (χ2n) is 5.28. The number of carbonyl (C=O) groups excluding carboxylic acids is 1. The van der Waals surface area contributed by atoms with Gasteiger partial charge in [-0.1, -0.05) is 24.3 Å². The quantitative estimate of drug-likeness (QED) is 0.804. The zero-order valence-corrected chi connectivity index (χ0v) is 12.3. The van der Waals surface area contributed by atoms with Crippen molar-refractivity contribution in [2.45, 2.75) is 31.8 Å². The van der Waals surface area contributed by atoms with Gasteiger partial charge in [-0.05, 0) is 31.6 Å². The van der Waals surface area contributed by atoms with Crippen LogP contribution >= 0.6 is 0 Å². The zero-order chi connectivity index (χ0) is 14.4. The van der Waals surface area contributed by atoms with E-state index in [-0.39, 0.29) is 11.5 Å². The molecule has 1 amide bonds. The molecule has 1 N–H and O–H groups in total. The number of carbonyl (C=O) groups is 1. The first kappa shape index (κ1) is 15.1. The van der Waals surface area contributed by atoms with Crippen molar-refractivity contribution in [1.29, 1.82) is 0 Å². The van der Waals surface area contributed by atoms with Gasteiger partial charge < -0.3 is 10.1 Å². The predicted molar refractivity (Wildman–Crippen MR) is 77.2 cm³/mol. The highest BCUT2D eigenvalue weighted by atomic mass is 32.2. The van der Waals surface area contributed by atoms with Gasteiger partial charge in [-0.2, -0.15) is 0 Å². The van der Waals surface area contributed by atoms with Gasteiger partial charge in [0.25, 0.3) is 0 Å². The average Bonchev–Trinajstić information content (AvgIpc) is 2.75. The Balaban J connectivity index is 1.63. The van der Waals surface area contributed by atoms with Crippen molar-refractivity contribution >= 4 is 15.9 Å². The van der Waals surface area contributed by atoms with Gasteiger partial charge in [0.05, 0.1) is 11.5 Å². The summed E-state index contributed by atoms with van der Waals surface area (Å²) in [4.78, 5) is 11.5. The topological polar surface area (TPSA) is 72.5 Å². The number of hydrogen-bond acceptors (Lipinski definition) is 4. The van der Waals surface area contributed by atoms with E-state index in [1.54, 1.807) is 0 Å². The van der Waals surface area contributed by atoms with E-state index in [2.05, 4.69) is 23.5 Å². The number of nitrogens with one attached hydrogen (secondary N) is 1. The lowest BCUT2D eigenvalue weighted by atomic mass is 9.94. The number of sulfone groups is 1. The summed E-state index contributed by atoms with van der Waals surface area (Å²) in [7, 11) is -3.01. The molecule has 20 heavy (non-hydrogen) atoms. The SMILES string of the molecule is O=C(NCC=CC1CC=CCC1)OC1CCS(=O)(=O)C1. The number of amides is 1. The Bertz CT molecular complexity index is 495.